The monoisotopic (exact) mass is 892 g/mol. The van der Waals surface area contributed by atoms with Gasteiger partial charge in [-0.15, -0.1) is 0 Å². The molecule has 0 spiro atoms. The van der Waals surface area contributed by atoms with Gasteiger partial charge in [-0.05, 0) is 48.2 Å². The lowest BCUT2D eigenvalue weighted by Crippen LogP contribution is -2.33. The highest BCUT2D eigenvalue weighted by atomic mass is 32.2. The Kier molecular flexibility index (Phi) is 10.6. The van der Waals surface area contributed by atoms with Gasteiger partial charge in [-0.1, -0.05) is 66.7 Å². The fourth-order valence-corrected chi connectivity index (χ4v) is 10.0. The Bertz CT molecular complexity index is 3660. The Hall–Kier alpha value is -6.20. The van der Waals surface area contributed by atoms with E-state index in [0.717, 1.165) is 36.4 Å². The van der Waals surface area contributed by atoms with Gasteiger partial charge >= 0.3 is 0 Å². The molecule has 5 aromatic carbocycles. The van der Waals surface area contributed by atoms with E-state index in [0.29, 0.717) is 11.6 Å². The van der Waals surface area contributed by atoms with Crippen molar-refractivity contribution in [3.63, 3.8) is 0 Å². The van der Waals surface area contributed by atoms with E-state index in [4.69, 9.17) is 0 Å². The van der Waals surface area contributed by atoms with Crippen LogP contribution in [0.4, 0.5) is 11.4 Å². The van der Waals surface area contributed by atoms with Crippen molar-refractivity contribution in [2.24, 2.45) is 0 Å². The molecular formula is C39H28N2O15S4. The van der Waals surface area contributed by atoms with Crippen LogP contribution in [0, 0.1) is 10.4 Å². The molecule has 0 unspecified atom stereocenters. The van der Waals surface area contributed by atoms with Gasteiger partial charge in [-0.25, -0.2) is 13.4 Å². The third-order valence-corrected chi connectivity index (χ3v) is 14.0. The Morgan fingerprint density at radius 1 is 0.617 bits per heavy atom. The molecule has 0 atom stereocenters. The lowest BCUT2D eigenvalue weighted by atomic mass is 9.96. The maximum atomic E-state index is 14.4. The number of rotatable bonds is 12. The number of aromatic nitrogens is 1. The summed E-state index contributed by atoms with van der Waals surface area (Å²) in [5.74, 6) is -1.87. The summed E-state index contributed by atoms with van der Waals surface area (Å²) >= 11 is 0. The van der Waals surface area contributed by atoms with Gasteiger partial charge in [0, 0.05) is 33.4 Å². The number of aliphatic hydroxyl groups is 1. The second-order valence-electron chi connectivity index (χ2n) is 13.4. The number of fused-ring (bicyclic) bond motifs is 2. The van der Waals surface area contributed by atoms with Gasteiger partial charge in [-0.2, -0.15) is 25.3 Å². The summed E-state index contributed by atoms with van der Waals surface area (Å²) in [6.07, 6.45) is -0.314. The summed E-state index contributed by atoms with van der Waals surface area (Å²) in [5.41, 5.74) is -4.29. The zero-order valence-electron chi connectivity index (χ0n) is 30.3. The number of anilines is 2. The minimum Gasteiger partial charge on any atom is -0.506 e. The van der Waals surface area contributed by atoms with E-state index >= 15 is 0 Å². The van der Waals surface area contributed by atoms with E-state index in [1.807, 2.05) is 0 Å². The molecule has 5 aromatic rings. The summed E-state index contributed by atoms with van der Waals surface area (Å²) in [6.45, 7) is 0. The van der Waals surface area contributed by atoms with Crippen molar-refractivity contribution in [2.45, 2.75) is 32.4 Å². The molecule has 308 valence electrons. The molecule has 21 heteroatoms. The second-order valence-corrected chi connectivity index (χ2v) is 19.7. The highest BCUT2D eigenvalue weighted by Gasteiger charge is 2.28. The van der Waals surface area contributed by atoms with Gasteiger partial charge in [0.1, 0.15) is 15.6 Å². The smallest absolute Gasteiger partial charge is 0.296 e. The number of Topliss-reactive ketones (excluding diaryl/α,β-unsaturated/α-hetero) is 1. The van der Waals surface area contributed by atoms with E-state index < -0.39 is 115 Å². The summed E-state index contributed by atoms with van der Waals surface area (Å²) in [4.78, 5) is 41.5. The fraction of sp³-hybridized carbons (Fsp3) is 0.0769. The Balaban J connectivity index is 1.52. The van der Waals surface area contributed by atoms with Gasteiger partial charge in [0.15, 0.2) is 21.0 Å². The number of hydrogen-bond donors (Lipinski definition) is 5. The second kappa shape index (κ2) is 15.1. The standard InChI is InChI=1S/C39H28N2O15S4/c42-29(21-8-2-1-3-9-21)14-7-17-57(46,47)23-15-16-30(59(51,52)53)27(19-23)40-28-20-31(60(54,55)56)36-34-32(25-12-4-5-13-26(25)38(44)33(28)34)35(39(45)41-36)37(43)22-10-6-11-24(18-22)58(48,49)50/h1-6,8-13,15-16,18-20,40,43H,7,14,17H2,(H,48,49,50)(H,51,52,53)(H,54,55,56). The minimum atomic E-state index is -5.40. The molecule has 5 N–H and O–H groups in total. The predicted octanol–water partition coefficient (Wildman–Crippen LogP) is 3.62. The highest BCUT2D eigenvalue weighted by Crippen LogP contribution is 2.35. The molecule has 0 amide bonds. The first-order valence-electron chi connectivity index (χ1n) is 17.2. The third-order valence-electron chi connectivity index (χ3n) is 9.55. The summed E-state index contributed by atoms with van der Waals surface area (Å²) in [7, 11) is -19.7. The van der Waals surface area contributed by atoms with Crippen LogP contribution in [-0.4, -0.2) is 69.0 Å². The lowest BCUT2D eigenvalue weighted by molar-refractivity contribution is 0.0982. The molecule has 1 aliphatic carbocycles. The molecule has 2 aliphatic rings. The Labute approximate surface area is 339 Å². The van der Waals surface area contributed by atoms with Gasteiger partial charge in [0.05, 0.1) is 43.0 Å². The van der Waals surface area contributed by atoms with E-state index in [9.17, 15) is 66.8 Å². The third kappa shape index (κ3) is 7.81. The number of hydrogen-bond acceptors (Lipinski definition) is 14. The van der Waals surface area contributed by atoms with Crippen LogP contribution in [0.15, 0.2) is 132 Å². The molecule has 0 radical (unpaired) electrons. The molecule has 7 rings (SSSR count). The lowest BCUT2D eigenvalue weighted by Gasteiger charge is -2.17. The number of benzene rings is 5. The van der Waals surface area contributed by atoms with Gasteiger partial charge in [0.2, 0.25) is 0 Å². The maximum absolute atomic E-state index is 14.4. The van der Waals surface area contributed by atoms with Crippen molar-refractivity contribution in [2.75, 3.05) is 11.1 Å². The van der Waals surface area contributed by atoms with Crippen LogP contribution in [0.1, 0.15) is 28.8 Å². The molecular weight excluding hydrogens is 865 g/mol. The Morgan fingerprint density at radius 2 is 1.25 bits per heavy atom. The molecule has 1 heterocycles. The van der Waals surface area contributed by atoms with Gasteiger partial charge in [0.25, 0.3) is 35.9 Å². The predicted molar refractivity (Wildman–Crippen MR) is 216 cm³/mol. The molecule has 17 nitrogen and oxygen atoms in total. The molecule has 60 heavy (non-hydrogen) atoms. The van der Waals surface area contributed by atoms with E-state index in [-0.39, 0.29) is 40.2 Å². The summed E-state index contributed by atoms with van der Waals surface area (Å²) in [5, 5.41) is 11.9. The van der Waals surface area contributed by atoms with Crippen LogP contribution >= 0.6 is 0 Å². The van der Waals surface area contributed by atoms with Crippen molar-refractivity contribution in [1.82, 2.24) is 4.98 Å². The fourth-order valence-electron chi connectivity index (χ4n) is 6.87. The van der Waals surface area contributed by atoms with Crippen molar-refractivity contribution in [1.29, 1.82) is 0 Å². The molecule has 0 saturated heterocycles. The van der Waals surface area contributed by atoms with Crippen LogP contribution in [0.2, 0.25) is 0 Å². The number of sulfone groups is 1. The first-order valence-corrected chi connectivity index (χ1v) is 23.2. The van der Waals surface area contributed by atoms with E-state index in [2.05, 4.69) is 10.3 Å². The zero-order valence-corrected chi connectivity index (χ0v) is 33.6. The van der Waals surface area contributed by atoms with Crippen LogP contribution in [0.3, 0.4) is 0 Å². The largest absolute Gasteiger partial charge is 0.506 e. The van der Waals surface area contributed by atoms with Gasteiger partial charge < -0.3 is 10.4 Å². The minimum absolute atomic E-state index is 0.0668. The number of nitrogens with one attached hydrogen (secondary N) is 1. The first-order chi connectivity index (χ1) is 28.1. The molecule has 0 aromatic heterocycles. The highest BCUT2D eigenvalue weighted by molar-refractivity contribution is 7.91. The van der Waals surface area contributed by atoms with E-state index in [1.165, 1.54) is 30.3 Å². The number of ketones is 1. The number of carbonyl (C=O) groups is 1. The van der Waals surface area contributed by atoms with Crippen molar-refractivity contribution in [3.8, 4) is 0 Å². The number of nitrogens with zero attached hydrogens (tertiary/aromatic N) is 1. The molecule has 1 aliphatic heterocycles. The van der Waals surface area contributed by atoms with Crippen LogP contribution in [-0.2, 0) is 40.2 Å². The number of aliphatic hydroxyl groups excluding tert-OH is 1. The Morgan fingerprint density at radius 3 is 1.90 bits per heavy atom. The van der Waals surface area contributed by atoms with Gasteiger partial charge in [-0.3, -0.25) is 28.0 Å². The quantitative estimate of drug-likeness (QED) is 0.0864. The molecule has 0 fully saturated rings. The maximum Gasteiger partial charge on any atom is 0.296 e. The molecule has 0 saturated carbocycles. The van der Waals surface area contributed by atoms with Crippen LogP contribution in [0.25, 0.3) is 27.4 Å². The van der Waals surface area contributed by atoms with Crippen LogP contribution < -0.4 is 21.5 Å². The summed E-state index contributed by atoms with van der Waals surface area (Å²) in [6, 6.07) is 20.7. The van der Waals surface area contributed by atoms with Crippen molar-refractivity contribution in [3.05, 3.63) is 150 Å². The normalized spacial score (nSPS) is 13.2. The summed E-state index contributed by atoms with van der Waals surface area (Å²) < 4.78 is 132. The van der Waals surface area contributed by atoms with Crippen molar-refractivity contribution < 1.29 is 57.2 Å². The van der Waals surface area contributed by atoms with E-state index in [1.54, 1.807) is 30.3 Å². The molecule has 0 bridgehead atoms. The van der Waals surface area contributed by atoms with Crippen LogP contribution in [0.5, 0.6) is 0 Å². The topological polar surface area (TPSA) is 294 Å². The first kappa shape index (κ1) is 41.9. The average Bonchev–Trinajstić information content (AvgIpc) is 3.18. The van der Waals surface area contributed by atoms with Crippen molar-refractivity contribution >= 4 is 84.8 Å². The SMILES string of the molecule is O=C(CCCS(=O)(=O)c1ccc(S(=O)(=O)O)c(Nc2cc(S(=O)(=O)O)c3nc(=O)c(=C(O)c4cccc(S(=O)(=O)O)c4)c4c5ccccc5c(=O)c2c3=4)c1)c1ccccc1. The average molecular weight is 893 g/mol. The number of carbonyl (C=O) groups excluding carboxylic acids is 1. The zero-order chi connectivity index (χ0) is 43.5.